The van der Waals surface area contributed by atoms with E-state index >= 15 is 0 Å². The highest BCUT2D eigenvalue weighted by Crippen LogP contribution is 2.31. The zero-order valence-corrected chi connectivity index (χ0v) is 15.1. The Kier molecular flexibility index (Phi) is 4.44. The molecule has 0 aliphatic carbocycles. The van der Waals surface area contributed by atoms with Crippen LogP contribution in [-0.2, 0) is 4.79 Å². The fourth-order valence-corrected chi connectivity index (χ4v) is 3.14. The standard InChI is InChI=1S/C20H17N5O3/c1-23-12-13-24(20-19(23)21-15-7-3-4-8-16(15)22-20)18(26)11-10-14-6-2-5-9-17(14)25(27)28/h2-11H,12-13H2,1H3/b11-10+. The minimum atomic E-state index is -0.465. The smallest absolute Gasteiger partial charge is 0.276 e. The molecule has 140 valence electrons. The molecule has 3 aromatic rings. The van der Waals surface area contributed by atoms with E-state index in [-0.39, 0.29) is 11.6 Å². The molecule has 0 saturated carbocycles. The van der Waals surface area contributed by atoms with E-state index in [0.717, 1.165) is 5.52 Å². The number of hydrogen-bond acceptors (Lipinski definition) is 6. The molecule has 0 unspecified atom stereocenters. The summed E-state index contributed by atoms with van der Waals surface area (Å²) < 4.78 is 0. The SMILES string of the molecule is CN1CCN(C(=O)/C=C/c2ccccc2[N+](=O)[O-])c2nc3ccccc3nc21. The van der Waals surface area contributed by atoms with Crippen molar-refractivity contribution in [3.63, 3.8) is 0 Å². The predicted octanol–water partition coefficient (Wildman–Crippen LogP) is 3.03. The van der Waals surface area contributed by atoms with Gasteiger partial charge in [-0.2, -0.15) is 0 Å². The van der Waals surface area contributed by atoms with Gasteiger partial charge in [0.25, 0.3) is 11.6 Å². The lowest BCUT2D eigenvalue weighted by Crippen LogP contribution is -2.43. The minimum Gasteiger partial charge on any atom is -0.355 e. The van der Waals surface area contributed by atoms with E-state index < -0.39 is 4.92 Å². The Hall–Kier alpha value is -3.81. The lowest BCUT2D eigenvalue weighted by atomic mass is 10.1. The summed E-state index contributed by atoms with van der Waals surface area (Å²) in [6.45, 7) is 1.07. The number of likely N-dealkylation sites (N-methyl/N-ethyl adjacent to an activating group) is 1. The number of anilines is 2. The maximum atomic E-state index is 12.8. The Morgan fingerprint density at radius 1 is 1.04 bits per heavy atom. The fourth-order valence-electron chi connectivity index (χ4n) is 3.14. The van der Waals surface area contributed by atoms with Crippen LogP contribution < -0.4 is 9.80 Å². The fraction of sp³-hybridized carbons (Fsp3) is 0.150. The molecule has 1 aromatic heterocycles. The van der Waals surface area contributed by atoms with Crippen LogP contribution in [-0.4, -0.2) is 40.9 Å². The number of nitro groups is 1. The summed E-state index contributed by atoms with van der Waals surface area (Å²) in [4.78, 5) is 36.3. The van der Waals surface area contributed by atoms with Gasteiger partial charge >= 0.3 is 0 Å². The van der Waals surface area contributed by atoms with Crippen LogP contribution in [0.2, 0.25) is 0 Å². The molecular formula is C20H17N5O3. The lowest BCUT2D eigenvalue weighted by molar-refractivity contribution is -0.385. The van der Waals surface area contributed by atoms with Crippen molar-refractivity contribution in [1.29, 1.82) is 0 Å². The van der Waals surface area contributed by atoms with Gasteiger partial charge in [-0.3, -0.25) is 19.8 Å². The Balaban J connectivity index is 1.69. The molecule has 1 aliphatic heterocycles. The molecule has 2 heterocycles. The van der Waals surface area contributed by atoms with Crippen molar-refractivity contribution in [1.82, 2.24) is 9.97 Å². The van der Waals surface area contributed by atoms with Gasteiger partial charge in [0.2, 0.25) is 0 Å². The maximum Gasteiger partial charge on any atom is 0.276 e. The van der Waals surface area contributed by atoms with Crippen molar-refractivity contribution in [2.45, 2.75) is 0 Å². The molecule has 8 nitrogen and oxygen atoms in total. The highest BCUT2D eigenvalue weighted by molar-refractivity contribution is 6.06. The molecule has 0 saturated heterocycles. The second-order valence-electron chi connectivity index (χ2n) is 6.42. The molecule has 0 radical (unpaired) electrons. The van der Waals surface area contributed by atoms with Gasteiger partial charge in [-0.25, -0.2) is 9.97 Å². The highest BCUT2D eigenvalue weighted by Gasteiger charge is 2.27. The first-order valence-corrected chi connectivity index (χ1v) is 8.75. The van der Waals surface area contributed by atoms with Gasteiger partial charge in [0.05, 0.1) is 21.5 Å². The lowest BCUT2D eigenvalue weighted by Gasteiger charge is -2.33. The highest BCUT2D eigenvalue weighted by atomic mass is 16.6. The number of nitrogens with zero attached hydrogens (tertiary/aromatic N) is 5. The van der Waals surface area contributed by atoms with Crippen molar-refractivity contribution >= 4 is 40.3 Å². The topological polar surface area (TPSA) is 92.5 Å². The van der Waals surface area contributed by atoms with E-state index in [2.05, 4.69) is 9.97 Å². The number of carbonyl (C=O) groups is 1. The molecule has 1 aliphatic rings. The molecule has 0 N–H and O–H groups in total. The van der Waals surface area contributed by atoms with E-state index in [9.17, 15) is 14.9 Å². The number of carbonyl (C=O) groups excluding carboxylic acids is 1. The molecule has 0 atom stereocenters. The van der Waals surface area contributed by atoms with Gasteiger partial charge in [-0.1, -0.05) is 24.3 Å². The molecule has 0 fully saturated rings. The van der Waals surface area contributed by atoms with E-state index in [4.69, 9.17) is 0 Å². The Bertz CT molecular complexity index is 1110. The van der Waals surface area contributed by atoms with Gasteiger partial charge in [-0.05, 0) is 24.3 Å². The second-order valence-corrected chi connectivity index (χ2v) is 6.42. The Labute approximate surface area is 160 Å². The number of nitro benzene ring substituents is 1. The van der Waals surface area contributed by atoms with Crippen LogP contribution in [0.15, 0.2) is 54.6 Å². The first kappa shape index (κ1) is 17.6. The average Bonchev–Trinajstić information content (AvgIpc) is 2.71. The van der Waals surface area contributed by atoms with Gasteiger partial charge in [-0.15, -0.1) is 0 Å². The zero-order chi connectivity index (χ0) is 19.7. The number of para-hydroxylation sites is 3. The van der Waals surface area contributed by atoms with Crippen LogP contribution in [0.1, 0.15) is 5.56 Å². The van der Waals surface area contributed by atoms with Gasteiger partial charge in [0.15, 0.2) is 11.6 Å². The van der Waals surface area contributed by atoms with Crippen LogP contribution in [0.4, 0.5) is 17.3 Å². The number of hydrogen-bond donors (Lipinski definition) is 0. The second kappa shape index (κ2) is 7.07. The summed E-state index contributed by atoms with van der Waals surface area (Å²) in [6.07, 6.45) is 2.81. The third kappa shape index (κ3) is 3.16. The molecule has 0 spiro atoms. The van der Waals surface area contributed by atoms with Crippen LogP contribution in [0.5, 0.6) is 0 Å². The largest absolute Gasteiger partial charge is 0.355 e. The van der Waals surface area contributed by atoms with Crippen molar-refractivity contribution in [2.75, 3.05) is 29.9 Å². The zero-order valence-electron chi connectivity index (χ0n) is 15.1. The van der Waals surface area contributed by atoms with Crippen molar-refractivity contribution < 1.29 is 9.72 Å². The molecule has 28 heavy (non-hydrogen) atoms. The molecular weight excluding hydrogens is 358 g/mol. The van der Waals surface area contributed by atoms with Gasteiger partial charge in [0.1, 0.15) is 0 Å². The third-order valence-corrected chi connectivity index (χ3v) is 4.62. The van der Waals surface area contributed by atoms with Crippen LogP contribution in [0, 0.1) is 10.1 Å². The summed E-state index contributed by atoms with van der Waals surface area (Å²) in [5, 5.41) is 11.1. The minimum absolute atomic E-state index is 0.0453. The van der Waals surface area contributed by atoms with Gasteiger partial charge in [0, 0.05) is 32.3 Å². The Morgan fingerprint density at radius 3 is 2.39 bits per heavy atom. The summed E-state index contributed by atoms with van der Waals surface area (Å²) in [7, 11) is 1.91. The van der Waals surface area contributed by atoms with E-state index in [1.807, 2.05) is 36.2 Å². The summed E-state index contributed by atoms with van der Waals surface area (Å²) in [5.74, 6) is 0.833. The summed E-state index contributed by atoms with van der Waals surface area (Å²) in [5.41, 5.74) is 1.80. The molecule has 2 aromatic carbocycles. The molecule has 4 rings (SSSR count). The third-order valence-electron chi connectivity index (χ3n) is 4.62. The van der Waals surface area contributed by atoms with Gasteiger partial charge < -0.3 is 4.90 Å². The number of rotatable bonds is 3. The molecule has 1 amide bonds. The van der Waals surface area contributed by atoms with Crippen LogP contribution in [0.3, 0.4) is 0 Å². The molecule has 8 heteroatoms. The monoisotopic (exact) mass is 375 g/mol. The average molecular weight is 375 g/mol. The quantitative estimate of drug-likeness (QED) is 0.397. The van der Waals surface area contributed by atoms with E-state index in [1.165, 1.54) is 18.2 Å². The number of aromatic nitrogens is 2. The first-order chi connectivity index (χ1) is 13.5. The predicted molar refractivity (Wildman–Crippen MR) is 107 cm³/mol. The maximum absolute atomic E-state index is 12.8. The van der Waals surface area contributed by atoms with Crippen molar-refractivity contribution in [2.24, 2.45) is 0 Å². The first-order valence-electron chi connectivity index (χ1n) is 8.75. The molecule has 0 bridgehead atoms. The van der Waals surface area contributed by atoms with Crippen LogP contribution >= 0.6 is 0 Å². The van der Waals surface area contributed by atoms with Crippen molar-refractivity contribution in [3.8, 4) is 0 Å². The number of amides is 1. The van der Waals surface area contributed by atoms with Crippen molar-refractivity contribution in [3.05, 3.63) is 70.3 Å². The van der Waals surface area contributed by atoms with Crippen LogP contribution in [0.25, 0.3) is 17.1 Å². The van der Waals surface area contributed by atoms with E-state index in [0.29, 0.717) is 35.8 Å². The Morgan fingerprint density at radius 2 is 1.68 bits per heavy atom. The summed E-state index contributed by atoms with van der Waals surface area (Å²) >= 11 is 0. The summed E-state index contributed by atoms with van der Waals surface area (Å²) in [6, 6.07) is 13.8. The normalized spacial score (nSPS) is 13.8. The number of fused-ring (bicyclic) bond motifs is 2. The van der Waals surface area contributed by atoms with E-state index in [1.54, 1.807) is 23.1 Å². The number of benzene rings is 2.